The van der Waals surface area contributed by atoms with Crippen molar-refractivity contribution in [2.24, 2.45) is 5.92 Å². The molecule has 3 aromatic rings. The molecule has 0 spiro atoms. The predicted octanol–water partition coefficient (Wildman–Crippen LogP) is 2.41. The van der Waals surface area contributed by atoms with E-state index in [1.807, 2.05) is 46.9 Å². The van der Waals surface area contributed by atoms with Gasteiger partial charge in [0.15, 0.2) is 5.82 Å². The van der Waals surface area contributed by atoms with Crippen molar-refractivity contribution in [1.29, 1.82) is 0 Å². The fraction of sp³-hybridized carbons (Fsp3) is 0.500. The molecule has 34 heavy (non-hydrogen) atoms. The quantitative estimate of drug-likeness (QED) is 0.598. The van der Waals surface area contributed by atoms with Crippen LogP contribution in [0.15, 0.2) is 36.8 Å². The number of rotatable bonds is 5. The molecule has 0 aliphatic carbocycles. The van der Waals surface area contributed by atoms with Gasteiger partial charge in [-0.2, -0.15) is 4.98 Å². The van der Waals surface area contributed by atoms with Gasteiger partial charge in [-0.3, -0.25) is 4.79 Å². The molecular formula is C24H31ClN8O. The number of piperazine rings is 1. The molecule has 10 heteroatoms. The minimum atomic E-state index is -0.517. The summed E-state index contributed by atoms with van der Waals surface area (Å²) in [5.74, 6) is 1.38. The number of pyridine rings is 1. The topological polar surface area (TPSA) is 81.9 Å². The monoisotopic (exact) mass is 482 g/mol. The summed E-state index contributed by atoms with van der Waals surface area (Å²) in [6.07, 6.45) is 5.50. The van der Waals surface area contributed by atoms with Crippen LogP contribution in [0.5, 0.6) is 0 Å². The zero-order chi connectivity index (χ0) is 24.0. The number of nitrogens with zero attached hydrogens (tertiary/aromatic N) is 7. The molecule has 0 radical (unpaired) electrons. The predicted molar refractivity (Wildman–Crippen MR) is 133 cm³/mol. The Morgan fingerprint density at radius 3 is 2.74 bits per heavy atom. The van der Waals surface area contributed by atoms with Crippen molar-refractivity contribution >= 4 is 34.9 Å². The van der Waals surface area contributed by atoms with Gasteiger partial charge in [-0.1, -0.05) is 17.7 Å². The van der Waals surface area contributed by atoms with Gasteiger partial charge < -0.3 is 24.4 Å². The number of carbonyl (C=O) groups excluding carboxylic acids is 1. The maximum atomic E-state index is 13.4. The van der Waals surface area contributed by atoms with E-state index in [1.165, 1.54) is 0 Å². The highest BCUT2D eigenvalue weighted by Crippen LogP contribution is 2.34. The van der Waals surface area contributed by atoms with E-state index in [2.05, 4.69) is 45.9 Å². The van der Waals surface area contributed by atoms with Crippen LogP contribution in [0.1, 0.15) is 26.5 Å². The van der Waals surface area contributed by atoms with Gasteiger partial charge in [-0.15, -0.1) is 0 Å². The number of halogens is 1. The maximum Gasteiger partial charge on any atom is 0.229 e. The van der Waals surface area contributed by atoms with Crippen molar-refractivity contribution in [2.75, 3.05) is 49.6 Å². The minimum Gasteiger partial charge on any atom is -0.353 e. The molecule has 1 amide bonds. The van der Waals surface area contributed by atoms with E-state index in [9.17, 15) is 4.79 Å². The number of imidazole rings is 1. The molecule has 180 valence electrons. The minimum absolute atomic E-state index is 0.105. The summed E-state index contributed by atoms with van der Waals surface area (Å²) < 4.78 is 2.04. The lowest BCUT2D eigenvalue weighted by molar-refractivity contribution is -0.140. The number of hydrogen-bond donors (Lipinski definition) is 1. The molecule has 2 aliphatic heterocycles. The molecular weight excluding hydrogens is 452 g/mol. The molecule has 9 nitrogen and oxygen atoms in total. The van der Waals surface area contributed by atoms with E-state index >= 15 is 0 Å². The number of nitrogens with one attached hydrogen (secondary N) is 1. The summed E-state index contributed by atoms with van der Waals surface area (Å²) in [5.41, 5.74) is 1.33. The Kier molecular flexibility index (Phi) is 5.85. The van der Waals surface area contributed by atoms with Gasteiger partial charge in [0.05, 0.1) is 29.5 Å². The first-order valence-corrected chi connectivity index (χ1v) is 12.1. The summed E-state index contributed by atoms with van der Waals surface area (Å²) in [4.78, 5) is 33.2. The Labute approximate surface area is 204 Å². The van der Waals surface area contributed by atoms with Crippen molar-refractivity contribution in [2.45, 2.75) is 32.4 Å². The number of hydrogen-bond acceptors (Lipinski definition) is 7. The van der Waals surface area contributed by atoms with Crippen LogP contribution < -0.4 is 15.1 Å². The number of anilines is 2. The molecule has 0 aromatic carbocycles. The summed E-state index contributed by atoms with van der Waals surface area (Å²) in [7, 11) is 1.87. The van der Waals surface area contributed by atoms with Crippen LogP contribution in [0.2, 0.25) is 5.02 Å². The molecule has 5 heterocycles. The first kappa shape index (κ1) is 22.9. The molecule has 2 aliphatic rings. The average Bonchev–Trinajstić information content (AvgIpc) is 3.24. The van der Waals surface area contributed by atoms with Crippen LogP contribution in [0, 0.1) is 5.92 Å². The Morgan fingerprint density at radius 1 is 1.18 bits per heavy atom. The summed E-state index contributed by atoms with van der Waals surface area (Å²) >= 11 is 6.45. The third kappa shape index (κ3) is 3.96. The van der Waals surface area contributed by atoms with Gasteiger partial charge in [0.1, 0.15) is 10.7 Å². The fourth-order valence-corrected chi connectivity index (χ4v) is 4.96. The standard InChI is InChI=1S/C24H31ClN8O/c1-16-13-31(10-8-26-16)23-28-11-18(25)21(29-23)32-14-17(15-32)22(34)30(4)24(2,3)19-12-27-20-7-5-6-9-33(19)20/h5-7,9,11-12,16-17,26H,8,10,13-15H2,1-4H3. The van der Waals surface area contributed by atoms with Crippen LogP contribution >= 0.6 is 11.6 Å². The first-order valence-electron chi connectivity index (χ1n) is 11.7. The number of carbonyl (C=O) groups is 1. The zero-order valence-electron chi connectivity index (χ0n) is 20.1. The van der Waals surface area contributed by atoms with E-state index in [-0.39, 0.29) is 11.8 Å². The summed E-state index contributed by atoms with van der Waals surface area (Å²) in [6.45, 7) is 10.0. The SMILES string of the molecule is CC1CN(c2ncc(Cl)c(N3CC(C(=O)N(C)C(C)(C)c4cnc5ccccn45)C3)n2)CCN1. The van der Waals surface area contributed by atoms with Crippen LogP contribution in [-0.2, 0) is 10.3 Å². The highest BCUT2D eigenvalue weighted by molar-refractivity contribution is 6.32. The third-order valence-electron chi connectivity index (χ3n) is 7.11. The maximum absolute atomic E-state index is 13.4. The Hall–Kier alpha value is -2.91. The molecule has 2 saturated heterocycles. The second kappa shape index (κ2) is 8.70. The zero-order valence-corrected chi connectivity index (χ0v) is 20.8. The average molecular weight is 483 g/mol. The van der Waals surface area contributed by atoms with Gasteiger partial charge in [0, 0.05) is 52.0 Å². The highest BCUT2D eigenvalue weighted by Gasteiger charge is 2.41. The molecule has 0 bridgehead atoms. The number of fused-ring (bicyclic) bond motifs is 1. The van der Waals surface area contributed by atoms with Crippen molar-refractivity contribution in [3.63, 3.8) is 0 Å². The first-order chi connectivity index (χ1) is 16.3. The van der Waals surface area contributed by atoms with Crippen LogP contribution in [0.4, 0.5) is 11.8 Å². The molecule has 5 rings (SSSR count). The second-order valence-electron chi connectivity index (χ2n) is 9.77. The van der Waals surface area contributed by atoms with Crippen molar-refractivity contribution in [1.82, 2.24) is 29.6 Å². The molecule has 1 atom stereocenters. The Balaban J connectivity index is 1.28. The number of aromatic nitrogens is 4. The normalized spacial score (nSPS) is 19.4. The second-order valence-corrected chi connectivity index (χ2v) is 10.2. The molecule has 2 fully saturated rings. The van der Waals surface area contributed by atoms with Gasteiger partial charge in [0.25, 0.3) is 0 Å². The van der Waals surface area contributed by atoms with Crippen LogP contribution in [-0.4, -0.2) is 76.0 Å². The lowest BCUT2D eigenvalue weighted by Crippen LogP contribution is -2.57. The molecule has 3 aromatic heterocycles. The smallest absolute Gasteiger partial charge is 0.229 e. The fourth-order valence-electron chi connectivity index (χ4n) is 4.75. The van der Waals surface area contributed by atoms with Crippen molar-refractivity contribution in [3.8, 4) is 0 Å². The molecule has 1 unspecified atom stereocenters. The van der Waals surface area contributed by atoms with Gasteiger partial charge in [-0.25, -0.2) is 9.97 Å². The molecule has 1 N–H and O–H groups in total. The molecule has 0 saturated carbocycles. The van der Waals surface area contributed by atoms with E-state index < -0.39 is 5.54 Å². The van der Waals surface area contributed by atoms with Crippen molar-refractivity contribution < 1.29 is 4.79 Å². The van der Waals surface area contributed by atoms with Crippen molar-refractivity contribution in [3.05, 3.63) is 47.5 Å². The lowest BCUT2D eigenvalue weighted by Gasteiger charge is -2.44. The van der Waals surface area contributed by atoms with E-state index in [0.717, 1.165) is 31.0 Å². The summed E-state index contributed by atoms with van der Waals surface area (Å²) in [5, 5.41) is 3.94. The Morgan fingerprint density at radius 2 is 1.97 bits per heavy atom. The Bertz CT molecular complexity index is 1200. The van der Waals surface area contributed by atoms with Gasteiger partial charge in [0.2, 0.25) is 11.9 Å². The number of amides is 1. The highest BCUT2D eigenvalue weighted by atomic mass is 35.5. The van der Waals surface area contributed by atoms with Crippen LogP contribution in [0.25, 0.3) is 5.65 Å². The van der Waals surface area contributed by atoms with Gasteiger partial charge in [-0.05, 0) is 32.9 Å². The lowest BCUT2D eigenvalue weighted by atomic mass is 9.93. The van der Waals surface area contributed by atoms with E-state index in [1.54, 1.807) is 6.20 Å². The van der Waals surface area contributed by atoms with Crippen LogP contribution in [0.3, 0.4) is 0 Å². The van der Waals surface area contributed by atoms with Gasteiger partial charge >= 0.3 is 0 Å². The van der Waals surface area contributed by atoms with E-state index in [4.69, 9.17) is 16.6 Å². The summed E-state index contributed by atoms with van der Waals surface area (Å²) in [6, 6.07) is 6.28. The largest absolute Gasteiger partial charge is 0.353 e. The third-order valence-corrected chi connectivity index (χ3v) is 7.37. The van der Waals surface area contributed by atoms with E-state index in [0.29, 0.717) is 35.9 Å².